The monoisotopic (exact) mass is 292 g/mol. The molecule has 1 aromatic heterocycles. The van der Waals surface area contributed by atoms with Gasteiger partial charge in [0.2, 0.25) is 5.78 Å². The van der Waals surface area contributed by atoms with Crippen molar-refractivity contribution in [1.82, 2.24) is 0 Å². The molecule has 0 amide bonds. The average Bonchev–Trinajstić information content (AvgIpc) is 3.02. The molecule has 0 aliphatic heterocycles. The molecule has 0 spiro atoms. The van der Waals surface area contributed by atoms with E-state index in [0.717, 1.165) is 12.8 Å². The number of hydrogen-bond acceptors (Lipinski definition) is 2. The minimum Gasteiger partial charge on any atom is -0.461 e. The summed E-state index contributed by atoms with van der Waals surface area (Å²) in [6.07, 6.45) is 15.9. The average molecular weight is 292 g/mol. The summed E-state index contributed by atoms with van der Waals surface area (Å²) in [5.74, 6) is 0.746. The third-order valence-electron chi connectivity index (χ3n) is 4.20. The Kier molecular flexibility index (Phi) is 9.94. The summed E-state index contributed by atoms with van der Waals surface area (Å²) in [6.45, 7) is 4.27. The summed E-state index contributed by atoms with van der Waals surface area (Å²) in [7, 11) is 0. The molecule has 2 nitrogen and oxygen atoms in total. The van der Waals surface area contributed by atoms with Crippen molar-refractivity contribution in [2.45, 2.75) is 84.5 Å². The fraction of sp³-hybridized carbons (Fsp3) is 0.737. The summed E-state index contributed by atoms with van der Waals surface area (Å²) in [5.41, 5.74) is 0. The largest absolute Gasteiger partial charge is 0.461 e. The number of carbonyl (C=O) groups is 1. The molecule has 1 heterocycles. The van der Waals surface area contributed by atoms with E-state index in [1.54, 1.807) is 18.4 Å². The first-order valence-electron chi connectivity index (χ1n) is 8.83. The molecule has 0 saturated heterocycles. The fourth-order valence-electron chi connectivity index (χ4n) is 2.73. The van der Waals surface area contributed by atoms with E-state index in [-0.39, 0.29) is 11.7 Å². The van der Waals surface area contributed by atoms with Crippen LogP contribution in [0, 0.1) is 5.92 Å². The molecule has 0 aliphatic carbocycles. The van der Waals surface area contributed by atoms with Gasteiger partial charge < -0.3 is 4.42 Å². The van der Waals surface area contributed by atoms with Gasteiger partial charge in [-0.1, -0.05) is 78.1 Å². The molecule has 0 bridgehead atoms. The van der Waals surface area contributed by atoms with Crippen LogP contribution in [-0.2, 0) is 0 Å². The molecule has 0 aromatic carbocycles. The molecule has 1 rings (SSSR count). The first-order chi connectivity index (χ1) is 10.3. The molecule has 0 N–H and O–H groups in total. The van der Waals surface area contributed by atoms with Crippen molar-refractivity contribution in [1.29, 1.82) is 0 Å². The summed E-state index contributed by atoms with van der Waals surface area (Å²) < 4.78 is 5.17. The highest BCUT2D eigenvalue weighted by atomic mass is 16.3. The van der Waals surface area contributed by atoms with Crippen LogP contribution >= 0.6 is 0 Å². The van der Waals surface area contributed by atoms with Gasteiger partial charge in [-0.2, -0.15) is 0 Å². The van der Waals surface area contributed by atoms with Gasteiger partial charge in [0.15, 0.2) is 5.76 Å². The third kappa shape index (κ3) is 8.08. The van der Waals surface area contributed by atoms with Crippen molar-refractivity contribution in [2.75, 3.05) is 0 Å². The van der Waals surface area contributed by atoms with Gasteiger partial charge in [-0.25, -0.2) is 0 Å². The number of rotatable bonds is 13. The summed E-state index contributed by atoms with van der Waals surface area (Å²) in [6, 6.07) is 3.54. The molecule has 1 atom stereocenters. The summed E-state index contributed by atoms with van der Waals surface area (Å²) in [5, 5.41) is 0. The molecule has 2 heteroatoms. The standard InChI is InChI=1S/C19H32O2/c1-3-4-5-6-7-8-9-10-11-12-14-17(2)19(20)18-15-13-16-21-18/h13,15-17H,3-12,14H2,1-2H3. The summed E-state index contributed by atoms with van der Waals surface area (Å²) >= 11 is 0. The van der Waals surface area contributed by atoms with Gasteiger partial charge in [-0.15, -0.1) is 0 Å². The van der Waals surface area contributed by atoms with Crippen molar-refractivity contribution in [3.63, 3.8) is 0 Å². The van der Waals surface area contributed by atoms with Crippen LogP contribution in [0.15, 0.2) is 22.8 Å². The van der Waals surface area contributed by atoms with E-state index in [4.69, 9.17) is 4.42 Å². The number of furan rings is 1. The number of unbranched alkanes of at least 4 members (excludes halogenated alkanes) is 9. The van der Waals surface area contributed by atoms with Crippen LogP contribution in [0.25, 0.3) is 0 Å². The van der Waals surface area contributed by atoms with Crippen LogP contribution in [0.3, 0.4) is 0 Å². The van der Waals surface area contributed by atoms with Crippen LogP contribution in [0.5, 0.6) is 0 Å². The predicted octanol–water partition coefficient (Wildman–Crippen LogP) is 6.41. The van der Waals surface area contributed by atoms with Gasteiger partial charge in [0.1, 0.15) is 0 Å². The zero-order chi connectivity index (χ0) is 15.3. The Hall–Kier alpha value is -1.05. The van der Waals surface area contributed by atoms with Gasteiger partial charge in [-0.05, 0) is 18.6 Å². The van der Waals surface area contributed by atoms with Crippen molar-refractivity contribution >= 4 is 5.78 Å². The molecule has 0 saturated carbocycles. The van der Waals surface area contributed by atoms with E-state index in [9.17, 15) is 4.79 Å². The highest BCUT2D eigenvalue weighted by Crippen LogP contribution is 2.17. The summed E-state index contributed by atoms with van der Waals surface area (Å²) in [4.78, 5) is 12.0. The zero-order valence-corrected chi connectivity index (χ0v) is 13.9. The Bertz CT molecular complexity index is 354. The van der Waals surface area contributed by atoms with Gasteiger partial charge in [0.05, 0.1) is 6.26 Å². The lowest BCUT2D eigenvalue weighted by atomic mass is 9.96. The second kappa shape index (κ2) is 11.6. The fourth-order valence-corrected chi connectivity index (χ4v) is 2.73. The van der Waals surface area contributed by atoms with Crippen LogP contribution in [-0.4, -0.2) is 5.78 Å². The highest BCUT2D eigenvalue weighted by Gasteiger charge is 2.16. The molecule has 0 fully saturated rings. The van der Waals surface area contributed by atoms with Gasteiger partial charge in [0.25, 0.3) is 0 Å². The predicted molar refractivity (Wildman–Crippen MR) is 88.7 cm³/mol. The van der Waals surface area contributed by atoms with Crippen LogP contribution < -0.4 is 0 Å². The number of hydrogen-bond donors (Lipinski definition) is 0. The van der Waals surface area contributed by atoms with Crippen LogP contribution in [0.1, 0.15) is 95.0 Å². The Balaban J connectivity index is 1.93. The number of Topliss-reactive ketones (excluding diaryl/α,β-unsaturated/α-hetero) is 1. The van der Waals surface area contributed by atoms with E-state index in [1.807, 2.05) is 6.92 Å². The maximum absolute atomic E-state index is 12.0. The highest BCUT2D eigenvalue weighted by molar-refractivity contribution is 5.94. The molecule has 1 aromatic rings. The quantitative estimate of drug-likeness (QED) is 0.310. The first-order valence-corrected chi connectivity index (χ1v) is 8.83. The van der Waals surface area contributed by atoms with E-state index in [0.29, 0.717) is 5.76 Å². The maximum atomic E-state index is 12.0. The normalized spacial score (nSPS) is 12.5. The van der Waals surface area contributed by atoms with E-state index >= 15 is 0 Å². The second-order valence-corrected chi connectivity index (χ2v) is 6.21. The zero-order valence-electron chi connectivity index (χ0n) is 13.9. The first kappa shape index (κ1) is 18.0. The van der Waals surface area contributed by atoms with Crippen molar-refractivity contribution in [2.24, 2.45) is 5.92 Å². The molecule has 21 heavy (non-hydrogen) atoms. The minimum absolute atomic E-state index is 0.0881. The Morgan fingerprint density at radius 2 is 1.57 bits per heavy atom. The second-order valence-electron chi connectivity index (χ2n) is 6.21. The van der Waals surface area contributed by atoms with Crippen molar-refractivity contribution < 1.29 is 9.21 Å². The minimum atomic E-state index is 0.0881. The smallest absolute Gasteiger partial charge is 0.200 e. The topological polar surface area (TPSA) is 30.2 Å². The SMILES string of the molecule is CCCCCCCCCCCCC(C)C(=O)c1ccco1. The Morgan fingerprint density at radius 1 is 1.00 bits per heavy atom. The van der Waals surface area contributed by atoms with E-state index in [2.05, 4.69) is 6.92 Å². The van der Waals surface area contributed by atoms with Crippen LogP contribution in [0.2, 0.25) is 0 Å². The lowest BCUT2D eigenvalue weighted by Gasteiger charge is -2.08. The van der Waals surface area contributed by atoms with Crippen molar-refractivity contribution in [3.05, 3.63) is 24.2 Å². The maximum Gasteiger partial charge on any atom is 0.200 e. The van der Waals surface area contributed by atoms with Crippen LogP contribution in [0.4, 0.5) is 0 Å². The number of carbonyl (C=O) groups excluding carboxylic acids is 1. The molecular weight excluding hydrogens is 260 g/mol. The number of ketones is 1. The Morgan fingerprint density at radius 3 is 2.10 bits per heavy atom. The van der Waals surface area contributed by atoms with Gasteiger partial charge in [0, 0.05) is 5.92 Å². The molecule has 0 aliphatic rings. The van der Waals surface area contributed by atoms with Gasteiger partial charge in [-0.3, -0.25) is 4.79 Å². The van der Waals surface area contributed by atoms with Crippen molar-refractivity contribution in [3.8, 4) is 0 Å². The molecule has 0 radical (unpaired) electrons. The third-order valence-corrected chi connectivity index (χ3v) is 4.20. The van der Waals surface area contributed by atoms with Gasteiger partial charge >= 0.3 is 0 Å². The molecular formula is C19H32O2. The Labute approximate surface area is 130 Å². The van der Waals surface area contributed by atoms with E-state index < -0.39 is 0 Å². The molecule has 1 unspecified atom stereocenters. The van der Waals surface area contributed by atoms with E-state index in [1.165, 1.54) is 57.8 Å². The molecule has 120 valence electrons. The lowest BCUT2D eigenvalue weighted by molar-refractivity contribution is 0.0894. The lowest BCUT2D eigenvalue weighted by Crippen LogP contribution is -2.10.